The Hall–Kier alpha value is -4.90. The van der Waals surface area contributed by atoms with Gasteiger partial charge in [0, 0.05) is 21.2 Å². The first-order valence-corrected chi connectivity index (χ1v) is 12.3. The highest BCUT2D eigenvalue weighted by Crippen LogP contribution is 2.38. The lowest BCUT2D eigenvalue weighted by Crippen LogP contribution is -2.20. The predicted octanol–water partition coefficient (Wildman–Crippen LogP) is 5.38. The molecule has 0 fully saturated rings. The van der Waals surface area contributed by atoms with Gasteiger partial charge in [0.2, 0.25) is 0 Å². The summed E-state index contributed by atoms with van der Waals surface area (Å²) in [4.78, 5) is 32.4. The number of nitrogens with zero attached hydrogens (tertiary/aromatic N) is 4. The summed E-state index contributed by atoms with van der Waals surface area (Å²) in [5.74, 6) is -4.22. The molecule has 0 radical (unpaired) electrons. The van der Waals surface area contributed by atoms with Gasteiger partial charge in [-0.3, -0.25) is 14.3 Å². The van der Waals surface area contributed by atoms with E-state index in [-0.39, 0.29) is 11.4 Å². The first kappa shape index (κ1) is 23.5. The minimum Gasteiger partial charge on any atom is -0.480 e. The largest absolute Gasteiger partial charge is 0.480 e. The van der Waals surface area contributed by atoms with Crippen molar-refractivity contribution in [1.82, 2.24) is 19.7 Å². The Morgan fingerprint density at radius 3 is 2.66 bits per heavy atom. The molecule has 0 saturated carbocycles. The van der Waals surface area contributed by atoms with E-state index in [1.165, 1.54) is 35.9 Å². The molecule has 0 amide bonds. The summed E-state index contributed by atoms with van der Waals surface area (Å²) in [6, 6.07) is 17.0. The number of carboxylic acid groups (broad SMARTS) is 2. The van der Waals surface area contributed by atoms with Crippen molar-refractivity contribution in [3.63, 3.8) is 0 Å². The fourth-order valence-corrected chi connectivity index (χ4v) is 5.62. The van der Waals surface area contributed by atoms with Gasteiger partial charge in [-0.05, 0) is 47.5 Å². The highest BCUT2D eigenvalue weighted by atomic mass is 32.1. The molecule has 0 aliphatic rings. The lowest BCUT2D eigenvalue weighted by atomic mass is 9.98. The van der Waals surface area contributed by atoms with Crippen LogP contribution in [0.2, 0.25) is 0 Å². The van der Waals surface area contributed by atoms with Gasteiger partial charge in [-0.25, -0.2) is 14.4 Å². The maximum Gasteiger partial charge on any atom is 0.322 e. The van der Waals surface area contributed by atoms with Gasteiger partial charge in [0.25, 0.3) is 0 Å². The number of thiophene rings is 1. The number of hydrogen-bond donors (Lipinski definition) is 3. The van der Waals surface area contributed by atoms with Crippen LogP contribution in [0.25, 0.3) is 31.2 Å². The third-order valence-corrected chi connectivity index (χ3v) is 7.31. The van der Waals surface area contributed by atoms with Gasteiger partial charge in [-0.15, -0.1) is 11.3 Å². The van der Waals surface area contributed by atoms with Crippen LogP contribution in [0.5, 0.6) is 0 Å². The molecule has 9 nitrogen and oxygen atoms in total. The summed E-state index contributed by atoms with van der Waals surface area (Å²) < 4.78 is 16.1. The van der Waals surface area contributed by atoms with Crippen molar-refractivity contribution in [2.75, 3.05) is 5.32 Å². The van der Waals surface area contributed by atoms with Crippen molar-refractivity contribution < 1.29 is 24.2 Å². The molecule has 0 atom stereocenters. The maximum absolute atomic E-state index is 13.6. The van der Waals surface area contributed by atoms with Gasteiger partial charge in [0.05, 0.1) is 23.6 Å². The summed E-state index contributed by atoms with van der Waals surface area (Å²) >= 11 is 1.33. The van der Waals surface area contributed by atoms with E-state index < -0.39 is 17.9 Å². The SMILES string of the molecule is O=C(O)C(C(=O)O)c1ccc2c(c1)sc1ncnc(Nc3ccc4c(cnn4Cc4cccc(F)c4)c3)c12. The number of halogens is 1. The first-order chi connectivity index (χ1) is 18.4. The fourth-order valence-electron chi connectivity index (χ4n) is 4.52. The molecule has 0 aliphatic heterocycles. The number of fused-ring (bicyclic) bond motifs is 4. The normalized spacial score (nSPS) is 11.5. The second-order valence-electron chi connectivity index (χ2n) is 8.70. The molecule has 3 aromatic carbocycles. The number of anilines is 2. The first-order valence-electron chi connectivity index (χ1n) is 11.5. The fraction of sp³-hybridized carbons (Fsp3) is 0.0741. The number of carboxylic acids is 2. The molecule has 3 heterocycles. The average Bonchev–Trinajstić information content (AvgIpc) is 3.44. The molecule has 6 rings (SSSR count). The second kappa shape index (κ2) is 9.20. The third-order valence-electron chi connectivity index (χ3n) is 6.25. The number of benzene rings is 3. The molecule has 0 aliphatic carbocycles. The smallest absolute Gasteiger partial charge is 0.322 e. The van der Waals surface area contributed by atoms with Crippen molar-refractivity contribution in [1.29, 1.82) is 0 Å². The molecule has 0 unspecified atom stereocenters. The summed E-state index contributed by atoms with van der Waals surface area (Å²) in [5.41, 5.74) is 2.67. The van der Waals surface area contributed by atoms with Crippen LogP contribution in [0.3, 0.4) is 0 Å². The molecule has 188 valence electrons. The second-order valence-corrected chi connectivity index (χ2v) is 9.73. The molecule has 0 spiro atoms. The van der Waals surface area contributed by atoms with Crippen LogP contribution in [-0.2, 0) is 16.1 Å². The minimum absolute atomic E-state index is 0.187. The molecule has 3 N–H and O–H groups in total. The molecule has 3 aromatic heterocycles. The molecule has 38 heavy (non-hydrogen) atoms. The highest BCUT2D eigenvalue weighted by molar-refractivity contribution is 7.25. The minimum atomic E-state index is -1.65. The topological polar surface area (TPSA) is 130 Å². The van der Waals surface area contributed by atoms with E-state index in [0.29, 0.717) is 21.9 Å². The number of aromatic nitrogens is 4. The van der Waals surface area contributed by atoms with Gasteiger partial charge in [-0.1, -0.05) is 24.3 Å². The molecular weight excluding hydrogens is 509 g/mol. The van der Waals surface area contributed by atoms with Crippen molar-refractivity contribution in [2.24, 2.45) is 0 Å². The summed E-state index contributed by atoms with van der Waals surface area (Å²) in [6.07, 6.45) is 3.19. The quantitative estimate of drug-likeness (QED) is 0.236. The van der Waals surface area contributed by atoms with Crippen molar-refractivity contribution >= 4 is 66.0 Å². The van der Waals surface area contributed by atoms with E-state index in [1.54, 1.807) is 24.4 Å². The number of carbonyl (C=O) groups is 2. The zero-order valence-corrected chi connectivity index (χ0v) is 20.3. The van der Waals surface area contributed by atoms with E-state index in [1.807, 2.05) is 28.9 Å². The van der Waals surface area contributed by atoms with Crippen LogP contribution in [0.1, 0.15) is 17.0 Å². The van der Waals surface area contributed by atoms with E-state index >= 15 is 0 Å². The zero-order valence-electron chi connectivity index (χ0n) is 19.5. The molecule has 11 heteroatoms. The molecule has 0 saturated heterocycles. The Balaban J connectivity index is 1.34. The maximum atomic E-state index is 13.6. The van der Waals surface area contributed by atoms with Crippen molar-refractivity contribution in [3.8, 4) is 0 Å². The molecule has 6 aromatic rings. The van der Waals surface area contributed by atoms with Gasteiger partial charge < -0.3 is 15.5 Å². The number of rotatable bonds is 7. The summed E-state index contributed by atoms with van der Waals surface area (Å²) in [5, 5.41) is 28.9. The van der Waals surface area contributed by atoms with Crippen LogP contribution in [0.4, 0.5) is 15.9 Å². The Morgan fingerprint density at radius 2 is 1.87 bits per heavy atom. The number of nitrogens with one attached hydrogen (secondary N) is 1. The standard InChI is InChI=1S/C27H18FN5O4S/c28-17-3-1-2-14(8-17)12-33-20-7-5-18(9-16(20)11-31-33)32-24-23-19-6-4-15(22(26(34)35)27(36)37)10-21(19)38-25(23)30-13-29-24/h1-11,13,22H,12H2,(H,34,35)(H,36,37)(H,29,30,32). The average molecular weight is 528 g/mol. The monoisotopic (exact) mass is 527 g/mol. The summed E-state index contributed by atoms with van der Waals surface area (Å²) in [7, 11) is 0. The third kappa shape index (κ3) is 4.18. The number of hydrogen-bond acceptors (Lipinski definition) is 7. The van der Waals surface area contributed by atoms with Crippen LogP contribution < -0.4 is 5.32 Å². The van der Waals surface area contributed by atoms with E-state index in [9.17, 15) is 24.2 Å². The molecular formula is C27H18FN5O4S. The Morgan fingerprint density at radius 1 is 1.03 bits per heavy atom. The van der Waals surface area contributed by atoms with Gasteiger partial charge in [0.15, 0.2) is 5.92 Å². The van der Waals surface area contributed by atoms with Crippen molar-refractivity contribution in [2.45, 2.75) is 12.5 Å². The lowest BCUT2D eigenvalue weighted by molar-refractivity contribution is -0.150. The van der Waals surface area contributed by atoms with Crippen LogP contribution >= 0.6 is 11.3 Å². The zero-order chi connectivity index (χ0) is 26.4. The van der Waals surface area contributed by atoms with Gasteiger partial charge in [0.1, 0.15) is 22.8 Å². The van der Waals surface area contributed by atoms with Crippen LogP contribution in [0.15, 0.2) is 73.2 Å². The van der Waals surface area contributed by atoms with Crippen molar-refractivity contribution in [3.05, 3.63) is 90.1 Å². The van der Waals surface area contributed by atoms with Gasteiger partial charge >= 0.3 is 11.9 Å². The molecule has 0 bridgehead atoms. The predicted molar refractivity (Wildman–Crippen MR) is 141 cm³/mol. The van der Waals surface area contributed by atoms with E-state index in [2.05, 4.69) is 20.4 Å². The number of aliphatic carboxylic acids is 2. The van der Waals surface area contributed by atoms with E-state index in [0.717, 1.165) is 32.9 Å². The Bertz CT molecular complexity index is 1870. The van der Waals surface area contributed by atoms with Gasteiger partial charge in [-0.2, -0.15) is 5.10 Å². The van der Waals surface area contributed by atoms with E-state index in [4.69, 9.17) is 0 Å². The summed E-state index contributed by atoms with van der Waals surface area (Å²) in [6.45, 7) is 0.439. The van der Waals surface area contributed by atoms with Crippen LogP contribution in [-0.4, -0.2) is 41.9 Å². The lowest BCUT2D eigenvalue weighted by Gasteiger charge is -2.09. The Kier molecular flexibility index (Phi) is 5.69. The Labute approximate surface area is 217 Å². The van der Waals surface area contributed by atoms with Crippen LogP contribution in [0, 0.1) is 5.82 Å². The highest BCUT2D eigenvalue weighted by Gasteiger charge is 2.28.